The molecule has 0 bridgehead atoms. The van der Waals surface area contributed by atoms with Crippen LogP contribution in [0.3, 0.4) is 0 Å². The van der Waals surface area contributed by atoms with Crippen LogP contribution in [0.4, 0.5) is 0 Å². The molecule has 1 saturated heterocycles. The summed E-state index contributed by atoms with van der Waals surface area (Å²) >= 11 is 12.0. The van der Waals surface area contributed by atoms with Gasteiger partial charge in [-0.2, -0.15) is 5.01 Å². The van der Waals surface area contributed by atoms with Crippen LogP contribution < -0.4 is 4.74 Å². The molecule has 9 nitrogen and oxygen atoms in total. The highest BCUT2D eigenvalue weighted by atomic mass is 35.5. The van der Waals surface area contributed by atoms with Gasteiger partial charge in [0.2, 0.25) is 17.6 Å². The van der Waals surface area contributed by atoms with Crippen molar-refractivity contribution in [1.82, 2.24) is 10.0 Å². The van der Waals surface area contributed by atoms with Crippen molar-refractivity contribution < 1.29 is 33.1 Å². The van der Waals surface area contributed by atoms with E-state index >= 15 is 0 Å². The number of ether oxygens (including phenoxy) is 1. The maximum Gasteiger partial charge on any atom is 0.379 e. The molecule has 0 spiro atoms. The Morgan fingerprint density at radius 3 is 2.26 bits per heavy atom. The van der Waals surface area contributed by atoms with Crippen LogP contribution >= 0.6 is 23.2 Å². The van der Waals surface area contributed by atoms with Crippen molar-refractivity contribution in [3.63, 3.8) is 0 Å². The Labute approximate surface area is 208 Å². The lowest BCUT2D eigenvalue weighted by molar-refractivity contribution is -0.152. The van der Waals surface area contributed by atoms with Crippen LogP contribution in [0.1, 0.15) is 44.1 Å². The van der Waals surface area contributed by atoms with Crippen LogP contribution in [0.15, 0.2) is 65.3 Å². The Morgan fingerprint density at radius 1 is 0.971 bits per heavy atom. The van der Waals surface area contributed by atoms with Crippen molar-refractivity contribution in [1.29, 1.82) is 0 Å². The lowest BCUT2D eigenvalue weighted by Crippen LogP contribution is -2.51. The number of furan rings is 1. The summed E-state index contributed by atoms with van der Waals surface area (Å²) in [5.74, 6) is -3.14. The summed E-state index contributed by atoms with van der Waals surface area (Å²) in [5.41, 5.74) is 0.124. The van der Waals surface area contributed by atoms with Crippen LogP contribution in [0, 0.1) is 0 Å². The van der Waals surface area contributed by atoms with E-state index < -0.39 is 36.0 Å². The number of imide groups is 1. The number of Topliss-reactive ketones (excluding diaryl/α,β-unsaturated/α-hetero) is 1. The second-order valence-electron chi connectivity index (χ2n) is 7.40. The smallest absolute Gasteiger partial charge is 0.379 e. The van der Waals surface area contributed by atoms with Crippen molar-refractivity contribution in [2.75, 3.05) is 6.54 Å². The zero-order valence-corrected chi connectivity index (χ0v) is 19.4. The number of nitrogens with zero attached hydrogens (tertiary/aromatic N) is 2. The normalized spacial score (nSPS) is 13.1. The molecule has 0 radical (unpaired) electrons. The molecule has 3 aromatic rings. The molecule has 1 aliphatic rings. The molecule has 0 atom stereocenters. The van der Waals surface area contributed by atoms with Gasteiger partial charge < -0.3 is 9.15 Å². The summed E-state index contributed by atoms with van der Waals surface area (Å²) in [7, 11) is 0. The van der Waals surface area contributed by atoms with Gasteiger partial charge in [-0.15, -0.1) is 0 Å². The van der Waals surface area contributed by atoms with E-state index in [-0.39, 0.29) is 45.5 Å². The van der Waals surface area contributed by atoms with E-state index in [0.29, 0.717) is 5.01 Å². The Kier molecular flexibility index (Phi) is 6.99. The van der Waals surface area contributed by atoms with E-state index in [2.05, 4.69) is 0 Å². The lowest BCUT2D eigenvalue weighted by Gasteiger charge is -2.29. The third-order valence-corrected chi connectivity index (χ3v) is 5.61. The summed E-state index contributed by atoms with van der Waals surface area (Å²) in [6, 6.07) is 12.7. The number of carbonyl (C=O) groups is 5. The van der Waals surface area contributed by atoms with Gasteiger partial charge in [0, 0.05) is 23.4 Å². The number of hydrazine groups is 1. The topological polar surface area (TPSA) is 114 Å². The predicted molar refractivity (Wildman–Crippen MR) is 123 cm³/mol. The van der Waals surface area contributed by atoms with Gasteiger partial charge >= 0.3 is 5.97 Å². The molecular weight excluding hydrogens is 499 g/mol. The molecular formula is C24H16Cl2N2O7. The van der Waals surface area contributed by atoms with E-state index in [1.807, 2.05) is 0 Å². The third-order valence-electron chi connectivity index (χ3n) is 5.07. The van der Waals surface area contributed by atoms with Gasteiger partial charge in [0.25, 0.3) is 5.91 Å². The second-order valence-corrected chi connectivity index (χ2v) is 8.24. The molecule has 0 aliphatic carbocycles. The number of esters is 1. The fraction of sp³-hybridized carbons (Fsp3) is 0.125. The highest BCUT2D eigenvalue weighted by Crippen LogP contribution is 2.25. The maximum atomic E-state index is 13.2. The summed E-state index contributed by atoms with van der Waals surface area (Å²) in [6.45, 7) is -0.610. The highest BCUT2D eigenvalue weighted by molar-refractivity contribution is 6.36. The van der Waals surface area contributed by atoms with Gasteiger partial charge in [0.05, 0.1) is 16.8 Å². The lowest BCUT2D eigenvalue weighted by atomic mass is 10.1. The van der Waals surface area contributed by atoms with Crippen molar-refractivity contribution in [3.05, 3.63) is 87.8 Å². The molecule has 3 amide bonds. The summed E-state index contributed by atoms with van der Waals surface area (Å²) in [6.07, 6.45) is 1.17. The van der Waals surface area contributed by atoms with Crippen LogP contribution in [0.5, 0.6) is 5.75 Å². The van der Waals surface area contributed by atoms with Crippen molar-refractivity contribution in [2.24, 2.45) is 0 Å². The quantitative estimate of drug-likeness (QED) is 0.201. The van der Waals surface area contributed by atoms with Crippen LogP contribution in [-0.4, -0.2) is 46.0 Å². The van der Waals surface area contributed by atoms with Gasteiger partial charge in [-0.25, -0.2) is 9.80 Å². The highest BCUT2D eigenvalue weighted by Gasteiger charge is 2.38. The van der Waals surface area contributed by atoms with Crippen LogP contribution in [0.25, 0.3) is 0 Å². The average Bonchev–Trinajstić information content (AvgIpc) is 3.48. The Balaban J connectivity index is 1.55. The number of hydrogen-bond donors (Lipinski definition) is 0. The molecule has 4 rings (SSSR count). The minimum Gasteiger partial charge on any atom is -0.457 e. The molecule has 2 heterocycles. The molecule has 178 valence electrons. The largest absolute Gasteiger partial charge is 0.457 e. The fourth-order valence-electron chi connectivity index (χ4n) is 3.36. The monoisotopic (exact) mass is 514 g/mol. The van der Waals surface area contributed by atoms with E-state index in [4.69, 9.17) is 32.4 Å². The first kappa shape index (κ1) is 24.2. The van der Waals surface area contributed by atoms with Gasteiger partial charge in [0.15, 0.2) is 5.78 Å². The Morgan fingerprint density at radius 2 is 1.66 bits per heavy atom. The fourth-order valence-corrected chi connectivity index (χ4v) is 3.85. The Bertz CT molecular complexity index is 1300. The van der Waals surface area contributed by atoms with Gasteiger partial charge in [-0.3, -0.25) is 19.2 Å². The number of rotatable bonds is 7. The van der Waals surface area contributed by atoms with E-state index in [1.54, 1.807) is 6.07 Å². The zero-order chi connectivity index (χ0) is 25.1. The molecule has 11 heteroatoms. The van der Waals surface area contributed by atoms with Crippen molar-refractivity contribution in [2.45, 2.75) is 12.8 Å². The maximum absolute atomic E-state index is 13.2. The van der Waals surface area contributed by atoms with Gasteiger partial charge in [0.1, 0.15) is 12.3 Å². The minimum absolute atomic E-state index is 0.00164. The first-order valence-electron chi connectivity index (χ1n) is 10.3. The number of hydrogen-bond acceptors (Lipinski definition) is 7. The SMILES string of the molecule is O=C(CN(C(=O)c1ccc(Cl)cc1Cl)N1C(=O)CCC1=O)c1ccc(OC(=O)c2ccco2)cc1. The molecule has 35 heavy (non-hydrogen) atoms. The third kappa shape index (κ3) is 5.26. The number of benzene rings is 2. The summed E-state index contributed by atoms with van der Waals surface area (Å²) in [4.78, 5) is 62.9. The predicted octanol–water partition coefficient (Wildman–Crippen LogP) is 4.19. The Hall–Kier alpha value is -3.95. The summed E-state index contributed by atoms with van der Waals surface area (Å²) in [5, 5.41) is 1.74. The molecule has 0 unspecified atom stereocenters. The van der Waals surface area contributed by atoms with E-state index in [1.165, 1.54) is 54.8 Å². The molecule has 2 aromatic carbocycles. The van der Waals surface area contributed by atoms with Gasteiger partial charge in [-0.1, -0.05) is 23.2 Å². The molecule has 0 N–H and O–H groups in total. The van der Waals surface area contributed by atoms with Crippen molar-refractivity contribution >= 4 is 52.7 Å². The minimum atomic E-state index is -0.812. The molecule has 1 aromatic heterocycles. The number of halogens is 2. The number of ketones is 1. The molecule has 1 aliphatic heterocycles. The zero-order valence-electron chi connectivity index (χ0n) is 17.9. The van der Waals surface area contributed by atoms with Crippen LogP contribution in [0.2, 0.25) is 10.0 Å². The number of amides is 3. The van der Waals surface area contributed by atoms with Crippen LogP contribution in [-0.2, 0) is 9.59 Å². The van der Waals surface area contributed by atoms with E-state index in [9.17, 15) is 24.0 Å². The first-order chi connectivity index (χ1) is 16.7. The number of carbonyl (C=O) groups excluding carboxylic acids is 5. The first-order valence-corrected chi connectivity index (χ1v) is 11.0. The average molecular weight is 515 g/mol. The van der Waals surface area contributed by atoms with E-state index in [0.717, 1.165) is 5.01 Å². The molecule has 0 saturated carbocycles. The second kappa shape index (κ2) is 10.1. The standard InChI is InChI=1S/C24H16Cl2N2O7/c25-15-5-8-17(18(26)12-15)23(32)27(28-21(30)9-10-22(28)31)13-19(29)14-3-6-16(7-4-14)35-24(33)20-2-1-11-34-20/h1-8,11-12H,9-10,13H2. The van der Waals surface area contributed by atoms with Crippen molar-refractivity contribution in [3.8, 4) is 5.75 Å². The molecule has 1 fully saturated rings. The van der Waals surface area contributed by atoms with Gasteiger partial charge in [-0.05, 0) is 54.6 Å². The summed E-state index contributed by atoms with van der Waals surface area (Å²) < 4.78 is 10.1.